The molecule has 1 nitrogen and oxygen atoms in total. The van der Waals surface area contributed by atoms with Crippen LogP contribution in [0.5, 0.6) is 5.75 Å². The molecule has 0 saturated heterocycles. The van der Waals surface area contributed by atoms with Gasteiger partial charge in [-0.25, -0.2) is 8.78 Å². The number of hydrogen-bond donors (Lipinski definition) is 0. The topological polar surface area (TPSA) is 9.23 Å². The largest absolute Gasteiger partial charge is 0.559 e. The molecule has 2 aliphatic rings. The smallest absolute Gasteiger partial charge is 0.491 e. The van der Waals surface area contributed by atoms with Gasteiger partial charge in [-0.1, -0.05) is 19.8 Å². The Balaban J connectivity index is 0.000000500. The minimum atomic E-state index is -5.50. The van der Waals surface area contributed by atoms with E-state index < -0.39 is 18.1 Å². The molecule has 2 aliphatic carbocycles. The van der Waals surface area contributed by atoms with Gasteiger partial charge in [0.2, 0.25) is 0 Å². The fraction of sp³-hybridized carbons (Fsp3) is 0.714. The van der Waals surface area contributed by atoms with Crippen LogP contribution in [0, 0.1) is 29.4 Å². The molecule has 7 heteroatoms. The first kappa shape index (κ1) is 22.9. The third-order valence-electron chi connectivity index (χ3n) is 6.20. The number of halogens is 6. The zero-order valence-electron chi connectivity index (χ0n) is 16.3. The third-order valence-corrected chi connectivity index (χ3v) is 6.20. The van der Waals surface area contributed by atoms with Crippen molar-refractivity contribution >= 4 is 0 Å². The number of hydrogen-bond acceptors (Lipinski definition) is 1. The van der Waals surface area contributed by atoms with Gasteiger partial charge in [-0.2, -0.15) is 0 Å². The molecule has 1 aromatic rings. The Morgan fingerprint density at radius 3 is 1.57 bits per heavy atom. The first-order valence-corrected chi connectivity index (χ1v) is 9.87. The highest BCUT2D eigenvalue weighted by molar-refractivity contribution is 5.33. The second-order valence-corrected chi connectivity index (χ2v) is 8.08. The first-order valence-electron chi connectivity index (χ1n) is 9.87. The molecule has 0 aliphatic heterocycles. The number of benzene rings is 1. The Kier molecular flexibility index (Phi) is 8.07. The predicted molar refractivity (Wildman–Crippen MR) is 95.9 cm³/mol. The van der Waals surface area contributed by atoms with Crippen molar-refractivity contribution in [3.63, 3.8) is 0 Å². The summed E-state index contributed by atoms with van der Waals surface area (Å²) in [4.78, 5) is 0. The van der Waals surface area contributed by atoms with Crippen LogP contribution < -0.4 is 4.74 Å². The molecular weight excluding hydrogens is 382 g/mol. The Morgan fingerprint density at radius 1 is 0.786 bits per heavy atom. The molecule has 160 valence electrons. The second-order valence-electron chi connectivity index (χ2n) is 8.08. The number of ether oxygens (including phenoxy) is 1. The molecule has 1 aromatic carbocycles. The van der Waals surface area contributed by atoms with Gasteiger partial charge in [-0.3, -0.25) is 0 Å². The fourth-order valence-electron chi connectivity index (χ4n) is 4.69. The highest BCUT2D eigenvalue weighted by atomic mass is 19.5. The van der Waals surface area contributed by atoms with Crippen LogP contribution in [-0.2, 0) is 0 Å². The normalized spacial score (nSPS) is 28.3. The number of alkyl halides is 4. The monoisotopic (exact) mass is 410 g/mol. The molecule has 0 unspecified atom stereocenters. The van der Waals surface area contributed by atoms with E-state index in [2.05, 4.69) is 6.92 Å². The van der Waals surface area contributed by atoms with Gasteiger partial charge in [0, 0.05) is 0 Å². The van der Waals surface area contributed by atoms with Crippen molar-refractivity contribution in [1.29, 1.82) is 0 Å². The van der Waals surface area contributed by atoms with Crippen molar-refractivity contribution in [2.45, 2.75) is 70.6 Å². The van der Waals surface area contributed by atoms with Crippen molar-refractivity contribution in [1.82, 2.24) is 0 Å². The van der Waals surface area contributed by atoms with Gasteiger partial charge in [0.1, 0.15) is 0 Å². The molecule has 28 heavy (non-hydrogen) atoms. The Morgan fingerprint density at radius 2 is 1.18 bits per heavy atom. The van der Waals surface area contributed by atoms with Crippen LogP contribution >= 0.6 is 0 Å². The van der Waals surface area contributed by atoms with E-state index in [1.807, 2.05) is 0 Å². The van der Waals surface area contributed by atoms with E-state index in [1.165, 1.54) is 57.8 Å². The third kappa shape index (κ3) is 6.89. The van der Waals surface area contributed by atoms with Gasteiger partial charge in [-0.15, -0.1) is 17.6 Å². The summed E-state index contributed by atoms with van der Waals surface area (Å²) < 4.78 is 71.3. The minimum absolute atomic E-state index is 0.265. The summed E-state index contributed by atoms with van der Waals surface area (Å²) in [6.45, 7) is 2.36. The Labute approximate surface area is 162 Å². The van der Waals surface area contributed by atoms with Crippen molar-refractivity contribution in [3.8, 4) is 5.75 Å². The van der Waals surface area contributed by atoms with E-state index in [4.69, 9.17) is 4.74 Å². The van der Waals surface area contributed by atoms with Gasteiger partial charge >= 0.3 is 6.43 Å². The summed E-state index contributed by atoms with van der Waals surface area (Å²) in [5.74, 6) is 1.48. The highest BCUT2D eigenvalue weighted by Crippen LogP contribution is 2.44. The van der Waals surface area contributed by atoms with E-state index >= 15 is 0 Å². The fourth-order valence-corrected chi connectivity index (χ4v) is 4.69. The predicted octanol–water partition coefficient (Wildman–Crippen LogP) is 7.55. The molecule has 0 aromatic heterocycles. The summed E-state index contributed by atoms with van der Waals surface area (Å²) in [5, 5.41) is 0. The van der Waals surface area contributed by atoms with E-state index in [0.717, 1.165) is 36.2 Å². The van der Waals surface area contributed by atoms with Gasteiger partial charge < -0.3 is 4.74 Å². The quantitative estimate of drug-likeness (QED) is 0.468. The number of rotatable bonds is 3. The molecule has 0 amide bonds. The lowest BCUT2D eigenvalue weighted by Crippen LogP contribution is -2.24. The van der Waals surface area contributed by atoms with E-state index in [0.29, 0.717) is 5.92 Å². The van der Waals surface area contributed by atoms with Gasteiger partial charge in [0.25, 0.3) is 0 Å². The van der Waals surface area contributed by atoms with Crippen molar-refractivity contribution in [3.05, 3.63) is 29.3 Å². The van der Waals surface area contributed by atoms with Crippen LogP contribution in [0.1, 0.15) is 69.8 Å². The Hall–Kier alpha value is -1.40. The zero-order chi connectivity index (χ0) is 20.9. The molecule has 3 rings (SSSR count). The highest BCUT2D eigenvalue weighted by Gasteiger charge is 2.31. The lowest BCUT2D eigenvalue weighted by molar-refractivity contribution is -0.237. The average molecular weight is 410 g/mol. The molecule has 2 fully saturated rings. The van der Waals surface area contributed by atoms with Crippen LogP contribution in [0.25, 0.3) is 0 Å². The van der Waals surface area contributed by atoms with Crippen LogP contribution in [0.15, 0.2) is 12.1 Å². The maximum absolute atomic E-state index is 13.9. The summed E-state index contributed by atoms with van der Waals surface area (Å²) in [5.41, 5.74) is 0.802. The average Bonchev–Trinajstić information content (AvgIpc) is 2.61. The van der Waals surface area contributed by atoms with Crippen LogP contribution in [-0.4, -0.2) is 13.5 Å². The molecule has 0 bridgehead atoms. The van der Waals surface area contributed by atoms with Crippen LogP contribution in [0.3, 0.4) is 0 Å². The molecule has 2 saturated carbocycles. The molecular formula is C21H28F6O. The number of methoxy groups -OCH3 is 1. The van der Waals surface area contributed by atoms with E-state index in [-0.39, 0.29) is 5.75 Å². The standard InChI is InChI=1S/C20H28F2O.CF4/c1-13-3-5-14(6-4-13)15-7-9-16(10-8-15)17-11-18(21)20(23-2)19(22)12-17;2-1(3,4)5/h11-16H,3-10H2,1-2H3;. The van der Waals surface area contributed by atoms with Crippen molar-refractivity contribution in [2.75, 3.05) is 7.11 Å². The summed E-state index contributed by atoms with van der Waals surface area (Å²) in [6.07, 6.45) is 4.53. The van der Waals surface area contributed by atoms with Crippen molar-refractivity contribution in [2.24, 2.45) is 17.8 Å². The maximum atomic E-state index is 13.9. The maximum Gasteiger partial charge on any atom is 0.559 e. The molecule has 0 heterocycles. The van der Waals surface area contributed by atoms with E-state index in [9.17, 15) is 26.3 Å². The summed E-state index contributed by atoms with van der Waals surface area (Å²) in [7, 11) is 1.30. The van der Waals surface area contributed by atoms with Gasteiger partial charge in [-0.05, 0) is 79.9 Å². The van der Waals surface area contributed by atoms with Crippen molar-refractivity contribution < 1.29 is 31.1 Å². The first-order chi connectivity index (χ1) is 13.1. The Bertz CT molecular complexity index is 585. The van der Waals surface area contributed by atoms with E-state index in [1.54, 1.807) is 0 Å². The molecule has 0 atom stereocenters. The van der Waals surface area contributed by atoms with Gasteiger partial charge in [0.05, 0.1) is 7.11 Å². The molecule has 0 spiro atoms. The molecule has 0 N–H and O–H groups in total. The molecule has 0 radical (unpaired) electrons. The van der Waals surface area contributed by atoms with Crippen LogP contribution in [0.2, 0.25) is 0 Å². The lowest BCUT2D eigenvalue weighted by Gasteiger charge is -2.37. The second kappa shape index (κ2) is 9.88. The summed E-state index contributed by atoms with van der Waals surface area (Å²) >= 11 is 0. The van der Waals surface area contributed by atoms with Crippen LogP contribution in [0.4, 0.5) is 26.3 Å². The summed E-state index contributed by atoms with van der Waals surface area (Å²) in [6, 6.07) is 2.93. The lowest BCUT2D eigenvalue weighted by atomic mass is 9.68. The van der Waals surface area contributed by atoms with Gasteiger partial charge in [0.15, 0.2) is 17.4 Å². The zero-order valence-corrected chi connectivity index (χ0v) is 16.3. The SMILES string of the molecule is COc1c(F)cc(C2CCC(C3CCC(C)CC3)CC2)cc1F.FC(F)(F)F. The minimum Gasteiger partial charge on any atom is -0.491 e.